The minimum Gasteiger partial charge on any atom is -0.481 e. The fraction of sp³-hybridized carbons (Fsp3) is 0.500. The molecule has 0 aliphatic heterocycles. The zero-order valence-corrected chi connectivity index (χ0v) is 27.5. The molecule has 3 aromatic rings. The van der Waals surface area contributed by atoms with Crippen LogP contribution in [-0.4, -0.2) is 57.6 Å². The molecule has 1 aromatic heterocycles. The van der Waals surface area contributed by atoms with E-state index in [0.717, 1.165) is 31.2 Å². The highest BCUT2D eigenvalue weighted by molar-refractivity contribution is 5.91. The predicted octanol–water partition coefficient (Wildman–Crippen LogP) is 7.02. The quantitative estimate of drug-likeness (QED) is 0.0677. The molecular formula is C36H46O11. The number of hydrogen-bond donors (Lipinski definition) is 1. The lowest BCUT2D eigenvalue weighted by Crippen LogP contribution is -2.13. The van der Waals surface area contributed by atoms with Crippen molar-refractivity contribution in [3.63, 3.8) is 0 Å². The molecule has 1 heterocycles. The second-order valence-corrected chi connectivity index (χ2v) is 11.3. The van der Waals surface area contributed by atoms with Gasteiger partial charge in [0.05, 0.1) is 11.7 Å². The number of aliphatic carboxylic acids is 1. The molecule has 0 unspecified atom stereocenters. The van der Waals surface area contributed by atoms with Gasteiger partial charge in [-0.05, 0) is 56.1 Å². The number of methoxy groups -OCH3 is 3. The number of ether oxygens (including phenoxy) is 5. The number of benzene rings is 2. The molecule has 1 atom stereocenters. The Morgan fingerprint density at radius 1 is 0.766 bits per heavy atom. The van der Waals surface area contributed by atoms with Crippen molar-refractivity contribution in [3.05, 3.63) is 58.4 Å². The zero-order valence-electron chi connectivity index (χ0n) is 27.5. The predicted molar refractivity (Wildman–Crippen MR) is 176 cm³/mol. The average Bonchev–Trinajstić information content (AvgIpc) is 3.05. The Morgan fingerprint density at radius 2 is 1.38 bits per heavy atom. The van der Waals surface area contributed by atoms with Crippen LogP contribution in [0.4, 0.5) is 0 Å². The molecule has 11 heteroatoms. The first-order valence-corrected chi connectivity index (χ1v) is 16.1. The lowest BCUT2D eigenvalue weighted by molar-refractivity contribution is -0.137. The summed E-state index contributed by atoms with van der Waals surface area (Å²) in [6.45, 7) is 1.22. The van der Waals surface area contributed by atoms with Crippen LogP contribution in [0.25, 0.3) is 22.1 Å². The fourth-order valence-electron chi connectivity index (χ4n) is 5.18. The van der Waals surface area contributed by atoms with E-state index in [2.05, 4.69) is 0 Å². The second-order valence-electron chi connectivity index (χ2n) is 11.3. The maximum Gasteiger partial charge on any atom is 0.311 e. The Labute approximate surface area is 275 Å². The first kappa shape index (κ1) is 37.4. The van der Waals surface area contributed by atoms with Crippen LogP contribution in [-0.2, 0) is 28.6 Å². The Balaban J connectivity index is 1.86. The van der Waals surface area contributed by atoms with Crippen LogP contribution < -0.4 is 14.9 Å². The van der Waals surface area contributed by atoms with Crippen LogP contribution in [0.2, 0.25) is 0 Å². The van der Waals surface area contributed by atoms with E-state index in [-0.39, 0.29) is 53.4 Å². The Hall–Kier alpha value is -4.06. The lowest BCUT2D eigenvalue weighted by Gasteiger charge is -2.16. The first-order valence-electron chi connectivity index (χ1n) is 16.1. The number of carbonyl (C=O) groups excluding carboxylic acids is 2. The van der Waals surface area contributed by atoms with Crippen molar-refractivity contribution in [1.82, 2.24) is 0 Å². The van der Waals surface area contributed by atoms with Crippen molar-refractivity contribution in [3.8, 4) is 22.6 Å². The first-order chi connectivity index (χ1) is 22.8. The van der Waals surface area contributed by atoms with E-state index in [1.54, 1.807) is 33.5 Å². The molecule has 0 bridgehead atoms. The smallest absolute Gasteiger partial charge is 0.311 e. The Bertz CT molecular complexity index is 1490. The number of esters is 2. The standard InChI is InChI=1S/C36H46O11/c1-42-20-10-4-6-14-33(39)46-27-22-30-35(31(23-27)47-34(40)15-7-5-11-21-43-2)36(41)28(24-45-30)25-16-18-26(19-17-25)29(44-3)12-8-9-13-32(37)38/h16-19,22-24,29H,4-15,20-21H2,1-3H3,(H,37,38)/t29-/m0/s1. The van der Waals surface area contributed by atoms with E-state index in [9.17, 15) is 19.2 Å². The molecule has 0 fully saturated rings. The van der Waals surface area contributed by atoms with Crippen LogP contribution in [0.15, 0.2) is 51.9 Å². The molecule has 0 saturated carbocycles. The lowest BCUT2D eigenvalue weighted by atomic mass is 9.99. The van der Waals surface area contributed by atoms with Crippen LogP contribution in [0.3, 0.4) is 0 Å². The maximum absolute atomic E-state index is 13.9. The highest BCUT2D eigenvalue weighted by Crippen LogP contribution is 2.33. The van der Waals surface area contributed by atoms with Crippen molar-refractivity contribution in [2.45, 2.75) is 83.2 Å². The molecule has 2 aromatic carbocycles. The summed E-state index contributed by atoms with van der Waals surface area (Å²) in [6, 6.07) is 10.1. The van der Waals surface area contributed by atoms with E-state index in [1.165, 1.54) is 18.4 Å². The molecule has 0 aliphatic rings. The van der Waals surface area contributed by atoms with Crippen LogP contribution in [0.5, 0.6) is 11.5 Å². The van der Waals surface area contributed by atoms with E-state index >= 15 is 0 Å². The summed E-state index contributed by atoms with van der Waals surface area (Å²) in [4.78, 5) is 50.1. The summed E-state index contributed by atoms with van der Waals surface area (Å²) in [5.41, 5.74) is 1.45. The van der Waals surface area contributed by atoms with Crippen molar-refractivity contribution >= 4 is 28.9 Å². The topological polar surface area (TPSA) is 148 Å². The highest BCUT2D eigenvalue weighted by Gasteiger charge is 2.20. The molecule has 256 valence electrons. The molecule has 0 spiro atoms. The highest BCUT2D eigenvalue weighted by atomic mass is 16.5. The minimum absolute atomic E-state index is 0.0414. The summed E-state index contributed by atoms with van der Waals surface area (Å²) < 4.78 is 32.8. The fourth-order valence-corrected chi connectivity index (χ4v) is 5.18. The SMILES string of the molecule is COCCCCCC(=O)Oc1cc(OC(=O)CCCCCOC)c2c(=O)c(-c3ccc([C@H](CCCCC(=O)O)OC)cc3)coc2c1. The summed E-state index contributed by atoms with van der Waals surface area (Å²) in [5.74, 6) is -1.73. The third-order valence-electron chi connectivity index (χ3n) is 7.71. The van der Waals surface area contributed by atoms with Gasteiger partial charge in [0.1, 0.15) is 28.7 Å². The molecule has 47 heavy (non-hydrogen) atoms. The molecule has 3 rings (SSSR count). The summed E-state index contributed by atoms with van der Waals surface area (Å²) in [7, 11) is 4.86. The number of carbonyl (C=O) groups is 3. The van der Waals surface area contributed by atoms with Gasteiger partial charge >= 0.3 is 17.9 Å². The number of hydrogen-bond acceptors (Lipinski definition) is 10. The average molecular weight is 655 g/mol. The van der Waals surface area contributed by atoms with Gasteiger partial charge in [-0.3, -0.25) is 19.2 Å². The number of rotatable bonds is 22. The number of fused-ring (bicyclic) bond motifs is 1. The van der Waals surface area contributed by atoms with E-state index in [1.807, 2.05) is 12.1 Å². The minimum atomic E-state index is -0.824. The molecule has 0 amide bonds. The Morgan fingerprint density at radius 3 is 1.98 bits per heavy atom. The molecule has 11 nitrogen and oxygen atoms in total. The summed E-state index contributed by atoms with van der Waals surface area (Å²) in [5, 5.41) is 8.94. The zero-order chi connectivity index (χ0) is 34.0. The van der Waals surface area contributed by atoms with Gasteiger partial charge in [0.2, 0.25) is 5.43 Å². The van der Waals surface area contributed by atoms with Crippen LogP contribution >= 0.6 is 0 Å². The number of carboxylic acids is 1. The number of unbranched alkanes of at least 4 members (excludes halogenated alkanes) is 5. The van der Waals surface area contributed by atoms with Crippen LogP contribution in [0.1, 0.15) is 88.7 Å². The second kappa shape index (κ2) is 20.2. The number of carboxylic acid groups (broad SMARTS) is 1. The van der Waals surface area contributed by atoms with E-state index in [4.69, 9.17) is 33.2 Å². The van der Waals surface area contributed by atoms with E-state index in [0.29, 0.717) is 50.9 Å². The van der Waals surface area contributed by atoms with Gasteiger partial charge in [-0.15, -0.1) is 0 Å². The monoisotopic (exact) mass is 654 g/mol. The van der Waals surface area contributed by atoms with Crippen LogP contribution in [0, 0.1) is 0 Å². The van der Waals surface area contributed by atoms with Gasteiger partial charge in [0.25, 0.3) is 0 Å². The normalized spacial score (nSPS) is 11.8. The van der Waals surface area contributed by atoms with Gasteiger partial charge < -0.3 is 33.2 Å². The van der Waals surface area contributed by atoms with Gasteiger partial charge in [-0.1, -0.05) is 37.1 Å². The van der Waals surface area contributed by atoms with Gasteiger partial charge in [0.15, 0.2) is 0 Å². The maximum atomic E-state index is 13.9. The Kier molecular flexibility index (Phi) is 16.1. The molecule has 0 aliphatic carbocycles. The largest absolute Gasteiger partial charge is 0.481 e. The van der Waals surface area contributed by atoms with Crippen molar-refractivity contribution in [1.29, 1.82) is 0 Å². The van der Waals surface area contributed by atoms with Gasteiger partial charge in [-0.25, -0.2) is 0 Å². The van der Waals surface area contributed by atoms with Gasteiger partial charge in [-0.2, -0.15) is 0 Å². The van der Waals surface area contributed by atoms with Crippen molar-refractivity contribution in [2.75, 3.05) is 34.5 Å². The van der Waals surface area contributed by atoms with E-state index < -0.39 is 23.3 Å². The molecule has 0 radical (unpaired) electrons. The molecule has 0 saturated heterocycles. The third-order valence-corrected chi connectivity index (χ3v) is 7.71. The van der Waals surface area contributed by atoms with Crippen molar-refractivity contribution in [2.24, 2.45) is 0 Å². The van der Waals surface area contributed by atoms with Gasteiger partial charge in [0, 0.05) is 65.9 Å². The molecular weight excluding hydrogens is 608 g/mol. The third kappa shape index (κ3) is 12.2. The molecule has 1 N–H and O–H groups in total. The summed E-state index contributed by atoms with van der Waals surface area (Å²) in [6.07, 6.45) is 7.92. The summed E-state index contributed by atoms with van der Waals surface area (Å²) >= 11 is 0. The van der Waals surface area contributed by atoms with Crippen molar-refractivity contribution < 1.29 is 47.6 Å².